The second-order valence-corrected chi connectivity index (χ2v) is 10.2. The maximum atomic E-state index is 13.2. The van der Waals surface area contributed by atoms with Gasteiger partial charge in [-0.1, -0.05) is 43.7 Å². The van der Waals surface area contributed by atoms with Crippen LogP contribution in [0.3, 0.4) is 0 Å². The lowest BCUT2D eigenvalue weighted by molar-refractivity contribution is 0.0985. The number of methoxy groups -OCH3 is 2. The maximum Gasteiger partial charge on any atom is 0.274 e. The van der Waals surface area contributed by atoms with E-state index in [2.05, 4.69) is 27.5 Å². The van der Waals surface area contributed by atoms with Crippen LogP contribution in [0.2, 0.25) is 0 Å². The third-order valence-electron chi connectivity index (χ3n) is 7.40. The highest BCUT2D eigenvalue weighted by molar-refractivity contribution is 6.04. The smallest absolute Gasteiger partial charge is 0.274 e. The molecule has 0 saturated heterocycles. The molecule has 0 aliphatic heterocycles. The average Bonchev–Trinajstić information content (AvgIpc) is 3.00. The molecular weight excluding hydrogens is 528 g/mol. The Morgan fingerprint density at radius 3 is 2.12 bits per heavy atom. The van der Waals surface area contributed by atoms with Crippen molar-refractivity contribution in [3.63, 3.8) is 0 Å². The van der Waals surface area contributed by atoms with Crippen LogP contribution in [0.1, 0.15) is 62.1 Å². The summed E-state index contributed by atoms with van der Waals surface area (Å²) in [6, 6.07) is 15.1. The molecule has 4 aromatic rings. The van der Waals surface area contributed by atoms with Gasteiger partial charge in [0.15, 0.2) is 5.78 Å². The number of Topliss-reactive ketones (excluding diaryl/α,β-unsaturated/α-hetero) is 1. The highest BCUT2D eigenvalue weighted by Gasteiger charge is 2.18. The molecule has 2 heterocycles. The Kier molecular flexibility index (Phi) is 10.0. The fourth-order valence-electron chi connectivity index (χ4n) is 5.05. The first-order chi connectivity index (χ1) is 20.3. The van der Waals surface area contributed by atoms with Crippen LogP contribution in [-0.2, 0) is 19.4 Å². The van der Waals surface area contributed by atoms with E-state index in [-0.39, 0.29) is 23.8 Å². The molecule has 0 bridgehead atoms. The molecule has 42 heavy (non-hydrogen) atoms. The van der Waals surface area contributed by atoms with Crippen molar-refractivity contribution in [1.29, 1.82) is 0 Å². The van der Waals surface area contributed by atoms with E-state index in [1.807, 2.05) is 57.3 Å². The zero-order valence-electron chi connectivity index (χ0n) is 25.1. The Bertz CT molecular complexity index is 1480. The van der Waals surface area contributed by atoms with Gasteiger partial charge in [0.05, 0.1) is 14.2 Å². The number of ketones is 1. The van der Waals surface area contributed by atoms with Gasteiger partial charge in [-0.2, -0.15) is 0 Å². The summed E-state index contributed by atoms with van der Waals surface area (Å²) in [7, 11) is 5.04. The number of nitrogens with zero attached hydrogens (tertiary/aromatic N) is 2. The van der Waals surface area contributed by atoms with Crippen molar-refractivity contribution in [2.45, 2.75) is 46.6 Å². The minimum absolute atomic E-state index is 0.0878. The number of carbonyl (C=O) groups excluding carboxylic acids is 2. The molecule has 0 unspecified atom stereocenters. The molecule has 218 valence electrons. The number of carbonyl (C=O) groups is 2. The fraction of sp³-hybridized carbons (Fsp3) is 0.294. The predicted molar refractivity (Wildman–Crippen MR) is 166 cm³/mol. The molecule has 8 heteroatoms. The number of hydrogen-bond acceptors (Lipinski definition) is 7. The van der Waals surface area contributed by atoms with Crippen molar-refractivity contribution in [2.75, 3.05) is 26.6 Å². The number of pyridine rings is 2. The number of anilines is 1. The zero-order valence-corrected chi connectivity index (χ0v) is 25.1. The normalized spacial score (nSPS) is 10.8. The molecule has 1 amide bonds. The van der Waals surface area contributed by atoms with Crippen LogP contribution in [0.25, 0.3) is 11.1 Å². The lowest BCUT2D eigenvalue weighted by Crippen LogP contribution is -2.15. The van der Waals surface area contributed by atoms with Gasteiger partial charge in [0.1, 0.15) is 22.9 Å². The lowest BCUT2D eigenvalue weighted by Gasteiger charge is -2.17. The summed E-state index contributed by atoms with van der Waals surface area (Å²) in [5.74, 6) is 0.895. The molecule has 0 saturated carbocycles. The van der Waals surface area contributed by atoms with Crippen LogP contribution in [0.5, 0.6) is 11.5 Å². The van der Waals surface area contributed by atoms with Crippen LogP contribution in [0.4, 0.5) is 5.69 Å². The Labute approximate surface area is 247 Å². The number of rotatable bonds is 12. The van der Waals surface area contributed by atoms with Gasteiger partial charge in [-0.15, -0.1) is 0 Å². The first-order valence-corrected chi connectivity index (χ1v) is 14.0. The van der Waals surface area contributed by atoms with Crippen LogP contribution < -0.4 is 20.1 Å². The Morgan fingerprint density at radius 1 is 0.810 bits per heavy atom. The SMILES string of the molecule is CCCc1cnc(C(=O)Nc2cccc(-c3cccc(CC(=O)c4cc(OC)c(CNC)cn4)c3C)c2C)cc1OC. The molecule has 0 aliphatic rings. The molecule has 2 N–H and O–H groups in total. The van der Waals surface area contributed by atoms with Crippen molar-refractivity contribution in [2.24, 2.45) is 0 Å². The van der Waals surface area contributed by atoms with E-state index < -0.39 is 0 Å². The van der Waals surface area contributed by atoms with Gasteiger partial charge in [0.25, 0.3) is 5.91 Å². The number of nitrogens with one attached hydrogen (secondary N) is 2. The quantitative estimate of drug-likeness (QED) is 0.199. The van der Waals surface area contributed by atoms with Gasteiger partial charge in [-0.3, -0.25) is 19.6 Å². The number of ether oxygens (including phenoxy) is 2. The average molecular weight is 567 g/mol. The molecular formula is C34H38N4O4. The van der Waals surface area contributed by atoms with Crippen molar-refractivity contribution < 1.29 is 19.1 Å². The molecule has 0 spiro atoms. The monoisotopic (exact) mass is 566 g/mol. The molecule has 0 fully saturated rings. The molecule has 0 atom stereocenters. The summed E-state index contributed by atoms with van der Waals surface area (Å²) in [4.78, 5) is 35.2. The Hall–Kier alpha value is -4.56. The number of amides is 1. The van der Waals surface area contributed by atoms with Crippen LogP contribution in [0.15, 0.2) is 60.9 Å². The van der Waals surface area contributed by atoms with Gasteiger partial charge in [-0.25, -0.2) is 0 Å². The Balaban J connectivity index is 1.58. The molecule has 2 aromatic heterocycles. The number of aromatic nitrogens is 2. The Morgan fingerprint density at radius 2 is 1.43 bits per heavy atom. The molecule has 0 radical (unpaired) electrons. The molecule has 0 aliphatic carbocycles. The number of aryl methyl sites for hydroxylation is 1. The van der Waals surface area contributed by atoms with Crippen LogP contribution in [-0.4, -0.2) is 42.9 Å². The summed E-state index contributed by atoms with van der Waals surface area (Å²) in [6.07, 6.45) is 5.38. The summed E-state index contributed by atoms with van der Waals surface area (Å²) < 4.78 is 11.0. The summed E-state index contributed by atoms with van der Waals surface area (Å²) >= 11 is 0. The van der Waals surface area contributed by atoms with Crippen LogP contribution in [0, 0.1) is 13.8 Å². The van der Waals surface area contributed by atoms with Crippen molar-refractivity contribution >= 4 is 17.4 Å². The minimum Gasteiger partial charge on any atom is -0.496 e. The first-order valence-electron chi connectivity index (χ1n) is 14.0. The minimum atomic E-state index is -0.309. The largest absolute Gasteiger partial charge is 0.496 e. The third kappa shape index (κ3) is 6.66. The highest BCUT2D eigenvalue weighted by Crippen LogP contribution is 2.33. The molecule has 4 rings (SSSR count). The fourth-order valence-corrected chi connectivity index (χ4v) is 5.05. The summed E-state index contributed by atoms with van der Waals surface area (Å²) in [6.45, 7) is 6.68. The number of hydrogen-bond donors (Lipinski definition) is 2. The van der Waals surface area contributed by atoms with Gasteiger partial charge in [-0.05, 0) is 61.2 Å². The van der Waals surface area contributed by atoms with Gasteiger partial charge >= 0.3 is 0 Å². The van der Waals surface area contributed by atoms with Crippen molar-refractivity contribution in [3.8, 4) is 22.6 Å². The topological polar surface area (TPSA) is 102 Å². The number of benzene rings is 2. The third-order valence-corrected chi connectivity index (χ3v) is 7.40. The van der Waals surface area contributed by atoms with E-state index in [1.165, 1.54) is 0 Å². The van der Waals surface area contributed by atoms with Gasteiger partial charge in [0, 0.05) is 54.3 Å². The standard InChI is InChI=1S/C34H38N4O4/c1-7-10-24-19-37-30(17-32(24)41-5)34(40)38-28-14-9-13-27(22(28)3)26-12-8-11-23(21(26)2)15-31(39)29-16-33(42-6)25(18-35-4)20-36-29/h8-9,11-14,16-17,19-20,35H,7,10,15,18H2,1-6H3,(H,38,40). The lowest BCUT2D eigenvalue weighted by atomic mass is 9.91. The van der Waals surface area contributed by atoms with E-state index in [0.29, 0.717) is 29.4 Å². The summed E-state index contributed by atoms with van der Waals surface area (Å²) in [5.41, 5.74) is 8.00. The van der Waals surface area contributed by atoms with Crippen LogP contribution >= 0.6 is 0 Å². The summed E-state index contributed by atoms with van der Waals surface area (Å²) in [5, 5.41) is 6.09. The second kappa shape index (κ2) is 13.9. The van der Waals surface area contributed by atoms with E-state index in [1.54, 1.807) is 38.7 Å². The van der Waals surface area contributed by atoms with Gasteiger partial charge < -0.3 is 20.1 Å². The highest BCUT2D eigenvalue weighted by atomic mass is 16.5. The molecule has 2 aromatic carbocycles. The second-order valence-electron chi connectivity index (χ2n) is 10.2. The predicted octanol–water partition coefficient (Wildman–Crippen LogP) is 6.13. The first kappa shape index (κ1) is 30.4. The van der Waals surface area contributed by atoms with E-state index in [4.69, 9.17) is 9.47 Å². The zero-order chi connectivity index (χ0) is 30.2. The van der Waals surface area contributed by atoms with Gasteiger partial charge in [0.2, 0.25) is 0 Å². The van der Waals surface area contributed by atoms with Crippen molar-refractivity contribution in [1.82, 2.24) is 15.3 Å². The van der Waals surface area contributed by atoms with E-state index in [9.17, 15) is 9.59 Å². The van der Waals surface area contributed by atoms with E-state index in [0.717, 1.165) is 51.8 Å². The molecule has 8 nitrogen and oxygen atoms in total. The van der Waals surface area contributed by atoms with E-state index >= 15 is 0 Å². The maximum absolute atomic E-state index is 13.2. The van der Waals surface area contributed by atoms with Crippen molar-refractivity contribution in [3.05, 3.63) is 100 Å².